The first-order chi connectivity index (χ1) is 5.15. The van der Waals surface area contributed by atoms with E-state index in [1.54, 1.807) is 12.1 Å². The van der Waals surface area contributed by atoms with Crippen LogP contribution in [0.4, 0.5) is 0 Å². The van der Waals surface area contributed by atoms with E-state index in [2.05, 4.69) is 31.9 Å². The second kappa shape index (κ2) is 3.56. The molecule has 0 radical (unpaired) electrons. The molecular weight excluding hydrogens is 274 g/mol. The third-order valence-electron chi connectivity index (χ3n) is 1.31. The lowest BCUT2D eigenvalue weighted by molar-refractivity contribution is 0.468. The highest BCUT2D eigenvalue weighted by Gasteiger charge is 2.03. The number of rotatable bonds is 1. The second-order valence-electron chi connectivity index (χ2n) is 2.11. The first kappa shape index (κ1) is 9.03. The number of hydrogen-bond donors (Lipinski definition) is 2. The van der Waals surface area contributed by atoms with Gasteiger partial charge in [-0.1, -0.05) is 0 Å². The standard InChI is InChI=1S/C7H7Br2NO/c8-5-1-4(3-10)2-6(9)7(5)11/h1-2,11H,3,10H2. The molecule has 60 valence electrons. The van der Waals surface area contributed by atoms with E-state index < -0.39 is 0 Å². The highest BCUT2D eigenvalue weighted by atomic mass is 79.9. The SMILES string of the molecule is NCc1cc(Br)c(O)c(Br)c1. The number of phenolic OH excluding ortho intramolecular Hbond substituents is 1. The maximum absolute atomic E-state index is 9.29. The molecule has 0 heterocycles. The van der Waals surface area contributed by atoms with Gasteiger partial charge in [-0.05, 0) is 49.6 Å². The molecule has 4 heteroatoms. The summed E-state index contributed by atoms with van der Waals surface area (Å²) in [4.78, 5) is 0. The molecule has 1 aromatic rings. The van der Waals surface area contributed by atoms with E-state index >= 15 is 0 Å². The first-order valence-corrected chi connectivity index (χ1v) is 4.60. The van der Waals surface area contributed by atoms with Gasteiger partial charge < -0.3 is 10.8 Å². The van der Waals surface area contributed by atoms with Crippen molar-refractivity contribution in [1.29, 1.82) is 0 Å². The molecule has 1 rings (SSSR count). The molecular formula is C7H7Br2NO. The van der Waals surface area contributed by atoms with Gasteiger partial charge in [0.2, 0.25) is 0 Å². The van der Waals surface area contributed by atoms with Gasteiger partial charge in [-0.2, -0.15) is 0 Å². The minimum absolute atomic E-state index is 0.210. The predicted molar refractivity (Wildman–Crippen MR) is 51.4 cm³/mol. The summed E-state index contributed by atoms with van der Waals surface area (Å²) in [6.45, 7) is 0.470. The molecule has 3 N–H and O–H groups in total. The van der Waals surface area contributed by atoms with Crippen LogP contribution in [-0.2, 0) is 6.54 Å². The molecule has 0 aliphatic heterocycles. The van der Waals surface area contributed by atoms with Gasteiger partial charge in [-0.15, -0.1) is 0 Å². The molecule has 0 saturated heterocycles. The molecule has 11 heavy (non-hydrogen) atoms. The summed E-state index contributed by atoms with van der Waals surface area (Å²) in [5.41, 5.74) is 6.39. The monoisotopic (exact) mass is 279 g/mol. The molecule has 0 spiro atoms. The highest BCUT2D eigenvalue weighted by Crippen LogP contribution is 2.32. The van der Waals surface area contributed by atoms with Crippen molar-refractivity contribution in [2.24, 2.45) is 5.73 Å². The number of benzene rings is 1. The van der Waals surface area contributed by atoms with Crippen molar-refractivity contribution in [3.05, 3.63) is 26.6 Å². The molecule has 0 amide bonds. The summed E-state index contributed by atoms with van der Waals surface area (Å²) in [7, 11) is 0. The first-order valence-electron chi connectivity index (χ1n) is 3.02. The van der Waals surface area contributed by atoms with E-state index in [9.17, 15) is 5.11 Å². The quantitative estimate of drug-likeness (QED) is 0.830. The van der Waals surface area contributed by atoms with Crippen molar-refractivity contribution in [3.63, 3.8) is 0 Å². The molecule has 0 fully saturated rings. The van der Waals surface area contributed by atoms with E-state index in [-0.39, 0.29) is 5.75 Å². The average Bonchev–Trinajstić information content (AvgIpc) is 1.99. The van der Waals surface area contributed by atoms with Crippen LogP contribution in [-0.4, -0.2) is 5.11 Å². The normalized spacial score (nSPS) is 10.1. The Morgan fingerprint density at radius 3 is 2.09 bits per heavy atom. The number of halogens is 2. The summed E-state index contributed by atoms with van der Waals surface area (Å²) >= 11 is 6.40. The Kier molecular flexibility index (Phi) is 2.92. The molecule has 0 bridgehead atoms. The van der Waals surface area contributed by atoms with Crippen molar-refractivity contribution in [2.75, 3.05) is 0 Å². The second-order valence-corrected chi connectivity index (χ2v) is 3.82. The molecule has 1 aromatic carbocycles. The Bertz CT molecular complexity index is 252. The summed E-state index contributed by atoms with van der Waals surface area (Å²) in [6, 6.07) is 3.58. The van der Waals surface area contributed by atoms with E-state index in [0.29, 0.717) is 15.5 Å². The Balaban J connectivity index is 3.21. The lowest BCUT2D eigenvalue weighted by Gasteiger charge is -2.02. The summed E-state index contributed by atoms with van der Waals surface area (Å²) < 4.78 is 1.32. The number of nitrogens with two attached hydrogens (primary N) is 1. The maximum atomic E-state index is 9.29. The molecule has 0 aromatic heterocycles. The molecule has 0 saturated carbocycles. The van der Waals surface area contributed by atoms with Crippen LogP contribution < -0.4 is 5.73 Å². The van der Waals surface area contributed by atoms with Crippen LogP contribution in [0.3, 0.4) is 0 Å². The third-order valence-corrected chi connectivity index (χ3v) is 2.52. The minimum atomic E-state index is 0.210. The number of aromatic hydroxyl groups is 1. The Labute approximate surface area is 81.7 Å². The van der Waals surface area contributed by atoms with E-state index in [0.717, 1.165) is 5.56 Å². The largest absolute Gasteiger partial charge is 0.506 e. The minimum Gasteiger partial charge on any atom is -0.506 e. The molecule has 2 nitrogen and oxygen atoms in total. The van der Waals surface area contributed by atoms with Gasteiger partial charge in [0.25, 0.3) is 0 Å². The van der Waals surface area contributed by atoms with E-state index in [1.807, 2.05) is 0 Å². The van der Waals surface area contributed by atoms with Gasteiger partial charge in [-0.25, -0.2) is 0 Å². The molecule has 0 unspecified atom stereocenters. The van der Waals surface area contributed by atoms with Crippen molar-refractivity contribution < 1.29 is 5.11 Å². The maximum Gasteiger partial charge on any atom is 0.143 e. The molecule has 0 aliphatic rings. The van der Waals surface area contributed by atoms with Crippen LogP contribution in [0.25, 0.3) is 0 Å². The predicted octanol–water partition coefficient (Wildman–Crippen LogP) is 2.38. The summed E-state index contributed by atoms with van der Waals surface area (Å²) in [5, 5.41) is 9.29. The topological polar surface area (TPSA) is 46.2 Å². The van der Waals surface area contributed by atoms with Crippen LogP contribution in [0.15, 0.2) is 21.1 Å². The van der Waals surface area contributed by atoms with Crippen LogP contribution in [0.5, 0.6) is 5.75 Å². The Morgan fingerprint density at radius 1 is 1.27 bits per heavy atom. The fourth-order valence-corrected chi connectivity index (χ4v) is 2.02. The zero-order valence-electron chi connectivity index (χ0n) is 5.64. The average molecular weight is 281 g/mol. The lowest BCUT2D eigenvalue weighted by Crippen LogP contribution is -1.95. The van der Waals surface area contributed by atoms with Crippen LogP contribution in [0.2, 0.25) is 0 Å². The fraction of sp³-hybridized carbons (Fsp3) is 0.143. The lowest BCUT2D eigenvalue weighted by atomic mass is 10.2. The van der Waals surface area contributed by atoms with Gasteiger partial charge in [-0.3, -0.25) is 0 Å². The van der Waals surface area contributed by atoms with E-state index in [4.69, 9.17) is 5.73 Å². The van der Waals surface area contributed by atoms with E-state index in [1.165, 1.54) is 0 Å². The van der Waals surface area contributed by atoms with Crippen LogP contribution >= 0.6 is 31.9 Å². The highest BCUT2D eigenvalue weighted by molar-refractivity contribution is 9.11. The Morgan fingerprint density at radius 2 is 1.73 bits per heavy atom. The number of phenols is 1. The molecule has 0 atom stereocenters. The van der Waals surface area contributed by atoms with Crippen LogP contribution in [0.1, 0.15) is 5.56 Å². The van der Waals surface area contributed by atoms with Gasteiger partial charge in [0, 0.05) is 6.54 Å². The molecule has 0 aliphatic carbocycles. The smallest absolute Gasteiger partial charge is 0.143 e. The Hall–Kier alpha value is -0.0600. The zero-order valence-corrected chi connectivity index (χ0v) is 8.81. The number of hydrogen-bond acceptors (Lipinski definition) is 2. The fourth-order valence-electron chi connectivity index (χ4n) is 0.736. The van der Waals surface area contributed by atoms with Gasteiger partial charge in [0.15, 0.2) is 0 Å². The van der Waals surface area contributed by atoms with Gasteiger partial charge in [0.1, 0.15) is 5.75 Å². The summed E-state index contributed by atoms with van der Waals surface area (Å²) in [5.74, 6) is 0.210. The third kappa shape index (κ3) is 1.95. The van der Waals surface area contributed by atoms with Crippen molar-refractivity contribution in [2.45, 2.75) is 6.54 Å². The van der Waals surface area contributed by atoms with Crippen LogP contribution in [0, 0.1) is 0 Å². The van der Waals surface area contributed by atoms with Crippen molar-refractivity contribution in [1.82, 2.24) is 0 Å². The summed E-state index contributed by atoms with van der Waals surface area (Å²) in [6.07, 6.45) is 0. The van der Waals surface area contributed by atoms with Gasteiger partial charge >= 0.3 is 0 Å². The van der Waals surface area contributed by atoms with Gasteiger partial charge in [0.05, 0.1) is 8.95 Å². The van der Waals surface area contributed by atoms with Crippen molar-refractivity contribution >= 4 is 31.9 Å². The van der Waals surface area contributed by atoms with Crippen molar-refractivity contribution in [3.8, 4) is 5.75 Å². The zero-order chi connectivity index (χ0) is 8.43.